The summed E-state index contributed by atoms with van der Waals surface area (Å²) >= 11 is 0. The highest BCUT2D eigenvalue weighted by atomic mass is 16.4. The van der Waals surface area contributed by atoms with Crippen LogP contribution in [0.5, 0.6) is 0 Å². The lowest BCUT2D eigenvalue weighted by atomic mass is 9.87. The molecule has 0 bridgehead atoms. The van der Waals surface area contributed by atoms with Gasteiger partial charge in [0.25, 0.3) is 0 Å². The first-order valence-electron chi connectivity index (χ1n) is 11.6. The molecule has 0 aliphatic heterocycles. The molecule has 0 atom stereocenters. The van der Waals surface area contributed by atoms with Crippen LogP contribution >= 0.6 is 0 Å². The molecule has 5 nitrogen and oxygen atoms in total. The van der Waals surface area contributed by atoms with Crippen molar-refractivity contribution in [1.29, 1.82) is 0 Å². The molecule has 0 saturated carbocycles. The van der Waals surface area contributed by atoms with Gasteiger partial charge in [0, 0.05) is 13.0 Å². The van der Waals surface area contributed by atoms with Gasteiger partial charge in [0.05, 0.1) is 6.54 Å². The van der Waals surface area contributed by atoms with Crippen molar-refractivity contribution in [3.63, 3.8) is 0 Å². The highest BCUT2D eigenvalue weighted by Gasteiger charge is 2.40. The normalized spacial score (nSPS) is 11.2. The van der Waals surface area contributed by atoms with Crippen molar-refractivity contribution in [2.75, 3.05) is 13.1 Å². The molecule has 1 rings (SSSR count). The third-order valence-corrected chi connectivity index (χ3v) is 5.76. The largest absolute Gasteiger partial charge is 0.480 e. The van der Waals surface area contributed by atoms with Crippen LogP contribution in [0.1, 0.15) is 83.3 Å². The molecule has 1 aromatic rings. The summed E-state index contributed by atoms with van der Waals surface area (Å²) in [4.78, 5) is 24.5. The van der Waals surface area contributed by atoms with Gasteiger partial charge in [0.15, 0.2) is 5.41 Å². The number of carbonyl (C=O) groups is 2. The second kappa shape index (κ2) is 14.6. The van der Waals surface area contributed by atoms with Crippen LogP contribution in [0, 0.1) is 17.3 Å². The Morgan fingerprint density at radius 2 is 1.42 bits per heavy atom. The zero-order valence-corrected chi connectivity index (χ0v) is 19.5. The molecule has 2 N–H and O–H groups in total. The Bertz CT molecular complexity index is 716. The van der Waals surface area contributed by atoms with Gasteiger partial charge >= 0.3 is 11.9 Å². The minimum Gasteiger partial charge on any atom is -0.480 e. The number of aliphatic carboxylic acids is 2. The SMILES string of the molecule is CCCCCCCCCc1ccc(CN(CC)CC#CCC(C)(C(=O)O)C(=O)O)cc1. The number of benzene rings is 1. The Hall–Kier alpha value is -2.32. The lowest BCUT2D eigenvalue weighted by Gasteiger charge is -2.18. The van der Waals surface area contributed by atoms with Gasteiger partial charge in [-0.25, -0.2) is 0 Å². The lowest BCUT2D eigenvalue weighted by molar-refractivity contribution is -0.162. The van der Waals surface area contributed by atoms with E-state index in [4.69, 9.17) is 10.2 Å². The van der Waals surface area contributed by atoms with Crippen molar-refractivity contribution in [2.45, 2.75) is 85.1 Å². The molecule has 0 aliphatic rings. The van der Waals surface area contributed by atoms with E-state index in [0.29, 0.717) is 6.54 Å². The molecule has 31 heavy (non-hydrogen) atoms. The van der Waals surface area contributed by atoms with Gasteiger partial charge in [-0.2, -0.15) is 0 Å². The van der Waals surface area contributed by atoms with Gasteiger partial charge in [0.2, 0.25) is 0 Å². The smallest absolute Gasteiger partial charge is 0.321 e. The van der Waals surface area contributed by atoms with Crippen molar-refractivity contribution in [3.8, 4) is 11.8 Å². The number of hydrogen-bond acceptors (Lipinski definition) is 3. The van der Waals surface area contributed by atoms with E-state index in [1.165, 1.54) is 63.0 Å². The molecule has 0 spiro atoms. The Kier molecular flexibility index (Phi) is 12.6. The van der Waals surface area contributed by atoms with E-state index in [0.717, 1.165) is 19.5 Å². The summed E-state index contributed by atoms with van der Waals surface area (Å²) in [6.45, 7) is 7.54. The summed E-state index contributed by atoms with van der Waals surface area (Å²) in [6, 6.07) is 8.74. The maximum atomic E-state index is 11.2. The molecule has 5 heteroatoms. The number of rotatable bonds is 15. The number of carboxylic acid groups (broad SMARTS) is 2. The lowest BCUT2D eigenvalue weighted by Crippen LogP contribution is -2.35. The van der Waals surface area contributed by atoms with Crippen LogP contribution < -0.4 is 0 Å². The van der Waals surface area contributed by atoms with Crippen LogP contribution in [-0.2, 0) is 22.6 Å². The second-order valence-electron chi connectivity index (χ2n) is 8.46. The Morgan fingerprint density at radius 1 is 0.871 bits per heavy atom. The molecule has 0 amide bonds. The highest BCUT2D eigenvalue weighted by Crippen LogP contribution is 2.21. The van der Waals surface area contributed by atoms with Gasteiger partial charge in [-0.3, -0.25) is 14.5 Å². The standard InChI is InChI=1S/C26H39NO4/c1-4-6-7-8-9-10-11-14-22-15-17-23(18-16-22)21-27(5-2)20-13-12-19-26(3,24(28)29)25(30)31/h15-18H,4-11,14,19-21H2,1-3H3,(H,28,29)(H,30,31). The topological polar surface area (TPSA) is 77.8 Å². The van der Waals surface area contributed by atoms with Crippen molar-refractivity contribution >= 4 is 11.9 Å². The molecular weight excluding hydrogens is 390 g/mol. The molecule has 172 valence electrons. The van der Waals surface area contributed by atoms with Crippen molar-refractivity contribution in [2.24, 2.45) is 5.41 Å². The summed E-state index contributed by atoms with van der Waals surface area (Å²) in [7, 11) is 0. The summed E-state index contributed by atoms with van der Waals surface area (Å²) in [5.74, 6) is 2.95. The van der Waals surface area contributed by atoms with Crippen LogP contribution in [0.3, 0.4) is 0 Å². The van der Waals surface area contributed by atoms with Gasteiger partial charge in [-0.15, -0.1) is 5.92 Å². The van der Waals surface area contributed by atoms with Crippen molar-refractivity contribution in [1.82, 2.24) is 4.90 Å². The zero-order valence-electron chi connectivity index (χ0n) is 19.5. The van der Waals surface area contributed by atoms with E-state index in [1.807, 2.05) is 0 Å². The first-order valence-corrected chi connectivity index (χ1v) is 11.6. The fourth-order valence-corrected chi connectivity index (χ4v) is 3.28. The predicted molar refractivity (Wildman–Crippen MR) is 125 cm³/mol. The molecule has 0 heterocycles. The molecule has 0 saturated heterocycles. The summed E-state index contributed by atoms with van der Waals surface area (Å²) in [5.41, 5.74) is 0.727. The van der Waals surface area contributed by atoms with Gasteiger partial charge in [-0.05, 0) is 37.4 Å². The average molecular weight is 430 g/mol. The van der Waals surface area contributed by atoms with Gasteiger partial charge in [0.1, 0.15) is 0 Å². The molecule has 0 aromatic heterocycles. The van der Waals surface area contributed by atoms with Crippen LogP contribution in [0.25, 0.3) is 0 Å². The number of aryl methyl sites for hydroxylation is 1. The van der Waals surface area contributed by atoms with Gasteiger partial charge < -0.3 is 10.2 Å². The van der Waals surface area contributed by atoms with Crippen LogP contribution in [0.4, 0.5) is 0 Å². The maximum absolute atomic E-state index is 11.2. The van der Waals surface area contributed by atoms with E-state index in [2.05, 4.69) is 54.9 Å². The maximum Gasteiger partial charge on any atom is 0.321 e. The average Bonchev–Trinajstić information content (AvgIpc) is 2.75. The number of unbranched alkanes of at least 4 members (excludes halogenated alkanes) is 6. The molecule has 0 fully saturated rings. The van der Waals surface area contributed by atoms with Crippen molar-refractivity contribution < 1.29 is 19.8 Å². The Morgan fingerprint density at radius 3 is 1.97 bits per heavy atom. The van der Waals surface area contributed by atoms with E-state index >= 15 is 0 Å². The first kappa shape index (κ1) is 26.7. The summed E-state index contributed by atoms with van der Waals surface area (Å²) in [5, 5.41) is 18.3. The minimum atomic E-state index is -1.87. The fraction of sp³-hybridized carbons (Fsp3) is 0.615. The molecule has 0 unspecified atom stereocenters. The number of nitrogens with zero attached hydrogens (tertiary/aromatic N) is 1. The predicted octanol–water partition coefficient (Wildman–Crippen LogP) is 5.37. The Balaban J connectivity index is 2.44. The summed E-state index contributed by atoms with van der Waals surface area (Å²) in [6.07, 6.45) is 10.2. The minimum absolute atomic E-state index is 0.206. The van der Waals surface area contributed by atoms with E-state index in [-0.39, 0.29) is 6.42 Å². The second-order valence-corrected chi connectivity index (χ2v) is 8.46. The zero-order chi connectivity index (χ0) is 23.1. The molecular formula is C26H39NO4. The van der Waals surface area contributed by atoms with E-state index < -0.39 is 17.4 Å². The molecule has 0 radical (unpaired) electrons. The monoisotopic (exact) mass is 429 g/mol. The van der Waals surface area contributed by atoms with E-state index in [1.54, 1.807) is 0 Å². The van der Waals surface area contributed by atoms with E-state index in [9.17, 15) is 9.59 Å². The third kappa shape index (κ3) is 10.0. The Labute approximate surface area is 187 Å². The van der Waals surface area contributed by atoms with Crippen LogP contribution in [0.2, 0.25) is 0 Å². The third-order valence-electron chi connectivity index (χ3n) is 5.76. The first-order chi connectivity index (χ1) is 14.8. The quantitative estimate of drug-likeness (QED) is 0.223. The number of hydrogen-bond donors (Lipinski definition) is 2. The summed E-state index contributed by atoms with van der Waals surface area (Å²) < 4.78 is 0. The van der Waals surface area contributed by atoms with Crippen LogP contribution in [0.15, 0.2) is 24.3 Å². The van der Waals surface area contributed by atoms with Gasteiger partial charge in [-0.1, -0.05) is 82.6 Å². The number of carboxylic acids is 2. The highest BCUT2D eigenvalue weighted by molar-refractivity contribution is 5.98. The van der Waals surface area contributed by atoms with Crippen LogP contribution in [-0.4, -0.2) is 40.1 Å². The fourth-order valence-electron chi connectivity index (χ4n) is 3.28. The molecule has 0 aliphatic carbocycles. The van der Waals surface area contributed by atoms with Crippen molar-refractivity contribution in [3.05, 3.63) is 35.4 Å². The molecule has 1 aromatic carbocycles.